The molecule has 0 bridgehead atoms. The zero-order valence-corrected chi connectivity index (χ0v) is 13.4. The number of benzene rings is 1. The second kappa shape index (κ2) is 8.00. The van der Waals surface area contributed by atoms with Crippen molar-refractivity contribution in [2.45, 2.75) is 12.5 Å². The number of nitrogens with zero attached hydrogens (tertiary/aromatic N) is 1. The Morgan fingerprint density at radius 1 is 1.36 bits per heavy atom. The van der Waals surface area contributed by atoms with E-state index in [9.17, 15) is 4.79 Å². The summed E-state index contributed by atoms with van der Waals surface area (Å²) in [6.07, 6.45) is 0.372. The molecule has 22 heavy (non-hydrogen) atoms. The van der Waals surface area contributed by atoms with Crippen molar-refractivity contribution in [3.63, 3.8) is 0 Å². The molecule has 6 nitrogen and oxygen atoms in total. The van der Waals surface area contributed by atoms with Gasteiger partial charge in [-0.2, -0.15) is 0 Å². The number of rotatable bonds is 6. The number of carbonyl (C=O) groups excluding carboxylic acids is 1. The molecule has 0 saturated carbocycles. The molecule has 1 aliphatic heterocycles. The Morgan fingerprint density at radius 2 is 2.14 bits per heavy atom. The van der Waals surface area contributed by atoms with Gasteiger partial charge in [0.15, 0.2) is 11.5 Å². The Kier molecular flexibility index (Phi) is 6.03. The Hall–Kier alpha value is -1.79. The van der Waals surface area contributed by atoms with E-state index in [2.05, 4.69) is 17.3 Å². The highest BCUT2D eigenvalue weighted by molar-refractivity contribution is 5.78. The van der Waals surface area contributed by atoms with Crippen LogP contribution >= 0.6 is 0 Å². The zero-order chi connectivity index (χ0) is 15.9. The van der Waals surface area contributed by atoms with E-state index in [0.29, 0.717) is 31.1 Å². The van der Waals surface area contributed by atoms with Gasteiger partial charge in [0.2, 0.25) is 5.91 Å². The normalized spacial score (nSPS) is 18.8. The van der Waals surface area contributed by atoms with Crippen molar-refractivity contribution >= 4 is 5.91 Å². The average Bonchev–Trinajstić information content (AvgIpc) is 2.53. The second-order valence-electron chi connectivity index (χ2n) is 5.43. The summed E-state index contributed by atoms with van der Waals surface area (Å²) in [6, 6.07) is 5.50. The van der Waals surface area contributed by atoms with Crippen LogP contribution in [0.2, 0.25) is 0 Å². The maximum atomic E-state index is 12.0. The fourth-order valence-corrected chi connectivity index (χ4v) is 2.46. The number of likely N-dealkylation sites (N-methyl/N-ethyl adjacent to an activating group) is 1. The second-order valence-corrected chi connectivity index (χ2v) is 5.43. The highest BCUT2D eigenvalue weighted by Gasteiger charge is 2.18. The van der Waals surface area contributed by atoms with Crippen LogP contribution in [0.25, 0.3) is 0 Å². The number of hydrogen-bond donors (Lipinski definition) is 1. The van der Waals surface area contributed by atoms with Gasteiger partial charge in [-0.1, -0.05) is 6.07 Å². The molecule has 0 radical (unpaired) electrons. The summed E-state index contributed by atoms with van der Waals surface area (Å²) >= 11 is 0. The SMILES string of the molecule is COc1ccc(CC(=O)NC[C@@H]2CN(C)CCO2)cc1OC. The van der Waals surface area contributed by atoms with Gasteiger partial charge < -0.3 is 24.4 Å². The van der Waals surface area contributed by atoms with Gasteiger partial charge in [0.25, 0.3) is 0 Å². The van der Waals surface area contributed by atoms with Gasteiger partial charge in [0.05, 0.1) is 33.4 Å². The van der Waals surface area contributed by atoms with Crippen LogP contribution in [0.3, 0.4) is 0 Å². The van der Waals surface area contributed by atoms with Crippen molar-refractivity contribution in [1.29, 1.82) is 0 Å². The molecular weight excluding hydrogens is 284 g/mol. The summed E-state index contributed by atoms with van der Waals surface area (Å²) in [6.45, 7) is 3.04. The first-order valence-corrected chi connectivity index (χ1v) is 7.40. The van der Waals surface area contributed by atoms with Crippen molar-refractivity contribution in [3.8, 4) is 11.5 Å². The summed E-state index contributed by atoms with van der Waals surface area (Å²) in [4.78, 5) is 14.2. The van der Waals surface area contributed by atoms with Gasteiger partial charge in [-0.05, 0) is 24.7 Å². The number of hydrogen-bond acceptors (Lipinski definition) is 5. The summed E-state index contributed by atoms with van der Waals surface area (Å²) in [5.74, 6) is 1.26. The van der Waals surface area contributed by atoms with Crippen LogP contribution in [0.5, 0.6) is 11.5 Å². The quantitative estimate of drug-likeness (QED) is 0.838. The Labute approximate surface area is 131 Å². The van der Waals surface area contributed by atoms with E-state index in [1.54, 1.807) is 20.3 Å². The topological polar surface area (TPSA) is 60.0 Å². The van der Waals surface area contributed by atoms with Crippen LogP contribution < -0.4 is 14.8 Å². The first-order valence-electron chi connectivity index (χ1n) is 7.40. The summed E-state index contributed by atoms with van der Waals surface area (Å²) in [5.41, 5.74) is 0.886. The standard InChI is InChI=1S/C16H24N2O4/c1-18-6-7-22-13(11-18)10-17-16(19)9-12-4-5-14(20-2)15(8-12)21-3/h4-5,8,13H,6-7,9-11H2,1-3H3,(H,17,19)/t13-/m1/s1. The molecule has 0 aromatic heterocycles. The van der Waals surface area contributed by atoms with Gasteiger partial charge >= 0.3 is 0 Å². The summed E-state index contributed by atoms with van der Waals surface area (Å²) < 4.78 is 16.1. The molecule has 0 unspecified atom stereocenters. The van der Waals surface area contributed by atoms with Crippen LogP contribution in [0.1, 0.15) is 5.56 Å². The minimum Gasteiger partial charge on any atom is -0.493 e. The van der Waals surface area contributed by atoms with Crippen molar-refractivity contribution in [1.82, 2.24) is 10.2 Å². The zero-order valence-electron chi connectivity index (χ0n) is 13.4. The van der Waals surface area contributed by atoms with Crippen LogP contribution in [-0.4, -0.2) is 64.4 Å². The molecule has 1 atom stereocenters. The predicted octanol–water partition coefficient (Wildman–Crippen LogP) is 0.693. The smallest absolute Gasteiger partial charge is 0.224 e. The molecule has 1 amide bonds. The van der Waals surface area contributed by atoms with E-state index >= 15 is 0 Å². The molecule has 0 spiro atoms. The monoisotopic (exact) mass is 308 g/mol. The maximum Gasteiger partial charge on any atom is 0.224 e. The van der Waals surface area contributed by atoms with Gasteiger partial charge in [-0.25, -0.2) is 0 Å². The number of nitrogens with one attached hydrogen (secondary N) is 1. The van der Waals surface area contributed by atoms with E-state index in [1.165, 1.54) is 0 Å². The molecule has 1 aromatic carbocycles. The van der Waals surface area contributed by atoms with E-state index in [0.717, 1.165) is 18.7 Å². The lowest BCUT2D eigenvalue weighted by Gasteiger charge is -2.30. The highest BCUT2D eigenvalue weighted by Crippen LogP contribution is 2.27. The van der Waals surface area contributed by atoms with Crippen LogP contribution in [-0.2, 0) is 16.0 Å². The Morgan fingerprint density at radius 3 is 2.82 bits per heavy atom. The molecule has 1 fully saturated rings. The molecule has 6 heteroatoms. The van der Waals surface area contributed by atoms with E-state index < -0.39 is 0 Å². The maximum absolute atomic E-state index is 12.0. The van der Waals surface area contributed by atoms with Crippen LogP contribution in [0, 0.1) is 0 Å². The fourth-order valence-electron chi connectivity index (χ4n) is 2.46. The highest BCUT2D eigenvalue weighted by atomic mass is 16.5. The van der Waals surface area contributed by atoms with Crippen LogP contribution in [0.15, 0.2) is 18.2 Å². The third-order valence-corrected chi connectivity index (χ3v) is 3.68. The number of carbonyl (C=O) groups is 1. The van der Waals surface area contributed by atoms with Gasteiger partial charge in [-0.15, -0.1) is 0 Å². The largest absolute Gasteiger partial charge is 0.493 e. The van der Waals surface area contributed by atoms with Crippen molar-refractivity contribution in [2.75, 3.05) is 47.5 Å². The van der Waals surface area contributed by atoms with E-state index in [1.807, 2.05) is 12.1 Å². The molecule has 1 saturated heterocycles. The third-order valence-electron chi connectivity index (χ3n) is 3.68. The summed E-state index contributed by atoms with van der Waals surface area (Å²) in [7, 11) is 5.23. The van der Waals surface area contributed by atoms with Crippen molar-refractivity contribution in [3.05, 3.63) is 23.8 Å². The Bertz CT molecular complexity index is 507. The minimum atomic E-state index is -0.0240. The van der Waals surface area contributed by atoms with Crippen molar-refractivity contribution < 1.29 is 19.0 Å². The fraction of sp³-hybridized carbons (Fsp3) is 0.562. The summed E-state index contributed by atoms with van der Waals surface area (Å²) in [5, 5.41) is 2.92. The van der Waals surface area contributed by atoms with Crippen LogP contribution in [0.4, 0.5) is 0 Å². The third kappa shape index (κ3) is 4.61. The molecular formula is C16H24N2O4. The molecule has 122 valence electrons. The lowest BCUT2D eigenvalue weighted by atomic mass is 10.1. The van der Waals surface area contributed by atoms with Gasteiger partial charge in [-0.3, -0.25) is 4.79 Å². The number of morpholine rings is 1. The van der Waals surface area contributed by atoms with E-state index in [4.69, 9.17) is 14.2 Å². The molecule has 1 aromatic rings. The first-order chi connectivity index (χ1) is 10.6. The van der Waals surface area contributed by atoms with E-state index in [-0.39, 0.29) is 12.0 Å². The minimum absolute atomic E-state index is 0.0240. The lowest BCUT2D eigenvalue weighted by molar-refractivity contribution is -0.121. The lowest BCUT2D eigenvalue weighted by Crippen LogP contribution is -2.46. The van der Waals surface area contributed by atoms with Gasteiger partial charge in [0, 0.05) is 19.6 Å². The molecule has 1 N–H and O–H groups in total. The molecule has 1 aliphatic rings. The average molecular weight is 308 g/mol. The Balaban J connectivity index is 1.84. The molecule has 0 aliphatic carbocycles. The number of ether oxygens (including phenoxy) is 3. The molecule has 1 heterocycles. The predicted molar refractivity (Wildman–Crippen MR) is 83.5 cm³/mol. The number of methoxy groups -OCH3 is 2. The van der Waals surface area contributed by atoms with Gasteiger partial charge in [0.1, 0.15) is 0 Å². The first kappa shape index (κ1) is 16.6. The number of amides is 1. The molecule has 2 rings (SSSR count). The van der Waals surface area contributed by atoms with Crippen molar-refractivity contribution in [2.24, 2.45) is 0 Å².